The number of benzene rings is 2. The van der Waals surface area contributed by atoms with E-state index < -0.39 is 23.2 Å². The Morgan fingerprint density at radius 2 is 1.91 bits per heavy atom. The molecular formula is C15H12N2O5. The molecule has 0 fully saturated rings. The number of hydrogen-bond donors (Lipinski definition) is 4. The number of aromatic amines is 1. The third kappa shape index (κ3) is 2.08. The zero-order valence-corrected chi connectivity index (χ0v) is 11.5. The number of nitrogens with one attached hydrogen (secondary N) is 1. The van der Waals surface area contributed by atoms with Crippen molar-refractivity contribution in [1.82, 2.24) is 9.97 Å². The number of carbonyl (C=O) groups excluding carboxylic acids is 1. The van der Waals surface area contributed by atoms with Crippen LogP contribution in [0.2, 0.25) is 0 Å². The van der Waals surface area contributed by atoms with E-state index in [-0.39, 0.29) is 5.56 Å². The van der Waals surface area contributed by atoms with Crippen LogP contribution >= 0.6 is 0 Å². The number of phenols is 3. The maximum Gasteiger partial charge on any atom is 0.337 e. The van der Waals surface area contributed by atoms with E-state index in [0.29, 0.717) is 22.4 Å². The van der Waals surface area contributed by atoms with Gasteiger partial charge in [0, 0.05) is 0 Å². The van der Waals surface area contributed by atoms with Gasteiger partial charge in [0.15, 0.2) is 11.5 Å². The van der Waals surface area contributed by atoms with Crippen molar-refractivity contribution in [2.24, 2.45) is 0 Å². The molecule has 7 heteroatoms. The highest BCUT2D eigenvalue weighted by Crippen LogP contribution is 2.41. The molecular weight excluding hydrogens is 288 g/mol. The lowest BCUT2D eigenvalue weighted by atomic mass is 10.1. The van der Waals surface area contributed by atoms with E-state index in [2.05, 4.69) is 14.7 Å². The summed E-state index contributed by atoms with van der Waals surface area (Å²) in [5.74, 6) is -1.70. The van der Waals surface area contributed by atoms with Crippen LogP contribution in [0.1, 0.15) is 10.4 Å². The molecule has 1 aromatic heterocycles. The summed E-state index contributed by atoms with van der Waals surface area (Å²) in [5, 5.41) is 28.8. The van der Waals surface area contributed by atoms with Gasteiger partial charge in [0.2, 0.25) is 5.75 Å². The quantitative estimate of drug-likeness (QED) is 0.425. The summed E-state index contributed by atoms with van der Waals surface area (Å²) >= 11 is 0. The lowest BCUT2D eigenvalue weighted by Gasteiger charge is -2.04. The smallest absolute Gasteiger partial charge is 0.337 e. The summed E-state index contributed by atoms with van der Waals surface area (Å²) in [6, 6.07) is 7.46. The zero-order chi connectivity index (χ0) is 15.9. The van der Waals surface area contributed by atoms with Crippen LogP contribution in [0.3, 0.4) is 0 Å². The third-order valence-corrected chi connectivity index (χ3v) is 3.29. The Kier molecular flexibility index (Phi) is 3.10. The van der Waals surface area contributed by atoms with Crippen molar-refractivity contribution in [3.63, 3.8) is 0 Å². The van der Waals surface area contributed by atoms with Gasteiger partial charge in [-0.1, -0.05) is 0 Å². The molecule has 0 saturated heterocycles. The van der Waals surface area contributed by atoms with E-state index in [1.165, 1.54) is 19.2 Å². The summed E-state index contributed by atoms with van der Waals surface area (Å²) < 4.78 is 4.65. The number of ether oxygens (including phenoxy) is 1. The predicted molar refractivity (Wildman–Crippen MR) is 77.9 cm³/mol. The Balaban J connectivity index is 2.13. The van der Waals surface area contributed by atoms with Crippen molar-refractivity contribution in [2.45, 2.75) is 0 Å². The second-order valence-electron chi connectivity index (χ2n) is 4.64. The van der Waals surface area contributed by atoms with E-state index in [1.807, 2.05) is 0 Å². The number of nitrogens with zero attached hydrogens (tertiary/aromatic N) is 1. The molecule has 0 unspecified atom stereocenters. The fourth-order valence-corrected chi connectivity index (χ4v) is 2.14. The Morgan fingerprint density at radius 3 is 2.64 bits per heavy atom. The van der Waals surface area contributed by atoms with Gasteiger partial charge in [0.1, 0.15) is 5.82 Å². The largest absolute Gasteiger partial charge is 0.504 e. The second-order valence-corrected chi connectivity index (χ2v) is 4.64. The normalized spacial score (nSPS) is 10.8. The van der Waals surface area contributed by atoms with Crippen LogP contribution in [-0.4, -0.2) is 38.4 Å². The molecule has 0 aliphatic carbocycles. The fraction of sp³-hybridized carbons (Fsp3) is 0.0667. The first-order chi connectivity index (χ1) is 10.5. The minimum absolute atomic E-state index is 0.228. The molecule has 4 N–H and O–H groups in total. The maximum absolute atomic E-state index is 11.5. The molecule has 0 saturated carbocycles. The molecule has 7 nitrogen and oxygen atoms in total. The molecule has 112 valence electrons. The SMILES string of the molecule is COC(=O)c1ccc2nc(-c3ccc(O)c(O)c3O)[nH]c2c1. The number of aromatic hydroxyl groups is 3. The van der Waals surface area contributed by atoms with Gasteiger partial charge in [-0.15, -0.1) is 0 Å². The van der Waals surface area contributed by atoms with Crippen molar-refractivity contribution in [1.29, 1.82) is 0 Å². The van der Waals surface area contributed by atoms with Gasteiger partial charge in [0.25, 0.3) is 0 Å². The number of esters is 1. The van der Waals surface area contributed by atoms with Gasteiger partial charge in [-0.25, -0.2) is 9.78 Å². The van der Waals surface area contributed by atoms with Crippen molar-refractivity contribution in [2.75, 3.05) is 7.11 Å². The summed E-state index contributed by atoms with van der Waals surface area (Å²) in [4.78, 5) is 18.7. The Labute approximate surface area is 124 Å². The van der Waals surface area contributed by atoms with Crippen LogP contribution in [0.4, 0.5) is 0 Å². The molecule has 0 spiro atoms. The molecule has 0 bridgehead atoms. The van der Waals surface area contributed by atoms with Crippen LogP contribution < -0.4 is 0 Å². The van der Waals surface area contributed by atoms with Gasteiger partial charge >= 0.3 is 5.97 Å². The number of fused-ring (bicyclic) bond motifs is 1. The number of methoxy groups -OCH3 is 1. The molecule has 2 aromatic carbocycles. The number of rotatable bonds is 2. The summed E-state index contributed by atoms with van der Waals surface area (Å²) in [5.41, 5.74) is 1.74. The molecule has 0 aliphatic heterocycles. The van der Waals surface area contributed by atoms with E-state index in [9.17, 15) is 20.1 Å². The van der Waals surface area contributed by atoms with Gasteiger partial charge in [0.05, 0.1) is 29.3 Å². The van der Waals surface area contributed by atoms with Crippen LogP contribution in [0, 0.1) is 0 Å². The number of H-pyrrole nitrogens is 1. The average Bonchev–Trinajstić information content (AvgIpc) is 2.94. The average molecular weight is 300 g/mol. The van der Waals surface area contributed by atoms with Crippen LogP contribution in [0.15, 0.2) is 30.3 Å². The number of hydrogen-bond acceptors (Lipinski definition) is 6. The third-order valence-electron chi connectivity index (χ3n) is 3.29. The fourth-order valence-electron chi connectivity index (χ4n) is 2.14. The summed E-state index contributed by atoms with van der Waals surface area (Å²) in [7, 11) is 1.29. The molecule has 0 radical (unpaired) electrons. The van der Waals surface area contributed by atoms with Gasteiger partial charge in [-0.2, -0.15) is 0 Å². The molecule has 0 aliphatic rings. The standard InChI is InChI=1S/C15H12N2O5/c1-22-15(21)7-2-4-9-10(6-7)17-14(16-9)8-3-5-11(18)13(20)12(8)19/h2-6,18-20H,1H3,(H,16,17). The molecule has 22 heavy (non-hydrogen) atoms. The highest BCUT2D eigenvalue weighted by molar-refractivity contribution is 5.94. The van der Waals surface area contributed by atoms with E-state index in [0.717, 1.165) is 0 Å². The predicted octanol–water partition coefficient (Wildman–Crippen LogP) is 2.13. The summed E-state index contributed by atoms with van der Waals surface area (Å²) in [6.07, 6.45) is 0. The van der Waals surface area contributed by atoms with E-state index in [1.54, 1.807) is 18.2 Å². The monoisotopic (exact) mass is 300 g/mol. The molecule has 1 heterocycles. The van der Waals surface area contributed by atoms with Crippen molar-refractivity contribution < 1.29 is 24.9 Å². The molecule has 0 atom stereocenters. The maximum atomic E-state index is 11.5. The zero-order valence-electron chi connectivity index (χ0n) is 11.5. The van der Waals surface area contributed by atoms with Crippen LogP contribution in [-0.2, 0) is 4.74 Å². The van der Waals surface area contributed by atoms with Gasteiger partial charge < -0.3 is 25.0 Å². The number of aromatic nitrogens is 2. The number of imidazole rings is 1. The summed E-state index contributed by atoms with van der Waals surface area (Å²) in [6.45, 7) is 0. The molecule has 0 amide bonds. The number of carbonyl (C=O) groups is 1. The van der Waals surface area contributed by atoms with E-state index >= 15 is 0 Å². The minimum Gasteiger partial charge on any atom is -0.504 e. The van der Waals surface area contributed by atoms with Gasteiger partial charge in [-0.05, 0) is 30.3 Å². The molecule has 3 rings (SSSR count). The Hall–Kier alpha value is -3.22. The van der Waals surface area contributed by atoms with Gasteiger partial charge in [-0.3, -0.25) is 0 Å². The number of phenolic OH excluding ortho intramolecular Hbond substituents is 3. The van der Waals surface area contributed by atoms with Crippen molar-refractivity contribution in [3.05, 3.63) is 35.9 Å². The van der Waals surface area contributed by atoms with Crippen molar-refractivity contribution >= 4 is 17.0 Å². The highest BCUT2D eigenvalue weighted by Gasteiger charge is 2.16. The van der Waals surface area contributed by atoms with Crippen molar-refractivity contribution in [3.8, 4) is 28.6 Å². The topological polar surface area (TPSA) is 116 Å². The van der Waals surface area contributed by atoms with E-state index in [4.69, 9.17) is 0 Å². The first-order valence-corrected chi connectivity index (χ1v) is 6.33. The first kappa shape index (κ1) is 13.7. The minimum atomic E-state index is -0.617. The Bertz CT molecular complexity index is 885. The lowest BCUT2D eigenvalue weighted by Crippen LogP contribution is -2.00. The Morgan fingerprint density at radius 1 is 1.14 bits per heavy atom. The first-order valence-electron chi connectivity index (χ1n) is 6.33. The molecule has 3 aromatic rings. The highest BCUT2D eigenvalue weighted by atomic mass is 16.5. The van der Waals surface area contributed by atoms with Crippen LogP contribution in [0.25, 0.3) is 22.4 Å². The second kappa shape index (κ2) is 4.96. The van der Waals surface area contributed by atoms with Crippen LogP contribution in [0.5, 0.6) is 17.2 Å². The lowest BCUT2D eigenvalue weighted by molar-refractivity contribution is 0.0601.